The predicted molar refractivity (Wildman–Crippen MR) is 57.3 cm³/mol. The maximum absolute atomic E-state index is 11.7. The van der Waals surface area contributed by atoms with Gasteiger partial charge in [0.15, 0.2) is 0 Å². The van der Waals surface area contributed by atoms with Crippen molar-refractivity contribution in [3.05, 3.63) is 0 Å². The summed E-state index contributed by atoms with van der Waals surface area (Å²) in [5, 5.41) is 0. The molecule has 0 aromatic heterocycles. The average Bonchev–Trinajstić information content (AvgIpc) is 2.18. The molecule has 82 valence electrons. The molecule has 1 rings (SSSR count). The Balaban J connectivity index is 2.41. The number of hydrogen-bond donors (Lipinski definition) is 1. The normalized spacial score (nSPS) is 20.9. The van der Waals surface area contributed by atoms with Crippen LogP contribution in [0.25, 0.3) is 0 Å². The third-order valence-corrected chi connectivity index (χ3v) is 3.68. The van der Waals surface area contributed by atoms with Gasteiger partial charge in [0.25, 0.3) is 0 Å². The molecule has 0 aliphatic carbocycles. The minimum Gasteiger partial charge on any atom is -0.340 e. The Labute approximate surface area is 87.3 Å². The number of nitrogens with zero attached hydrogens (tertiary/aromatic N) is 1. The third kappa shape index (κ3) is 3.06. The van der Waals surface area contributed by atoms with Crippen molar-refractivity contribution >= 4 is 16.7 Å². The number of carbonyl (C=O) groups excluding carboxylic acids is 1. The highest BCUT2D eigenvalue weighted by Gasteiger charge is 2.23. The third-order valence-electron chi connectivity index (χ3n) is 2.41. The fourth-order valence-electron chi connectivity index (χ4n) is 1.53. The number of rotatable bonds is 3. The van der Waals surface area contributed by atoms with Gasteiger partial charge in [-0.25, -0.2) is 0 Å². The molecule has 1 saturated heterocycles. The second kappa shape index (κ2) is 5.46. The van der Waals surface area contributed by atoms with Crippen molar-refractivity contribution in [1.29, 1.82) is 0 Å². The summed E-state index contributed by atoms with van der Waals surface area (Å²) in [7, 11) is -0.729. The fraction of sp³-hybridized carbons (Fsp3) is 0.889. The average molecular weight is 218 g/mol. The van der Waals surface area contributed by atoms with Crippen molar-refractivity contribution in [2.75, 3.05) is 24.6 Å². The maximum Gasteiger partial charge on any atom is 0.239 e. The highest BCUT2D eigenvalue weighted by atomic mass is 32.2. The van der Waals surface area contributed by atoms with Gasteiger partial charge in [-0.15, -0.1) is 0 Å². The summed E-state index contributed by atoms with van der Waals surface area (Å²) in [5.41, 5.74) is 5.73. The molecule has 5 heteroatoms. The first kappa shape index (κ1) is 11.7. The molecule has 1 amide bonds. The molecule has 0 aromatic carbocycles. The highest BCUT2D eigenvalue weighted by molar-refractivity contribution is 7.85. The SMILES string of the molecule is CCC[C@H](N)C(=O)N1CCS(=O)CC1. The lowest BCUT2D eigenvalue weighted by atomic mass is 10.1. The van der Waals surface area contributed by atoms with Gasteiger partial charge in [0, 0.05) is 35.4 Å². The van der Waals surface area contributed by atoms with Crippen molar-refractivity contribution in [1.82, 2.24) is 4.90 Å². The van der Waals surface area contributed by atoms with Gasteiger partial charge in [-0.05, 0) is 6.42 Å². The van der Waals surface area contributed by atoms with Crippen molar-refractivity contribution in [3.63, 3.8) is 0 Å². The topological polar surface area (TPSA) is 63.4 Å². The summed E-state index contributed by atoms with van der Waals surface area (Å²) in [6.07, 6.45) is 1.66. The van der Waals surface area contributed by atoms with Crippen molar-refractivity contribution in [2.45, 2.75) is 25.8 Å². The van der Waals surface area contributed by atoms with Gasteiger partial charge in [-0.2, -0.15) is 0 Å². The standard InChI is InChI=1S/C9H18N2O2S/c1-2-3-8(10)9(12)11-4-6-14(13)7-5-11/h8H,2-7,10H2,1H3/t8-/m0/s1. The molecule has 0 spiro atoms. The van der Waals surface area contributed by atoms with E-state index in [1.807, 2.05) is 6.92 Å². The van der Waals surface area contributed by atoms with E-state index < -0.39 is 10.8 Å². The van der Waals surface area contributed by atoms with E-state index in [1.165, 1.54) is 0 Å². The molecule has 0 bridgehead atoms. The van der Waals surface area contributed by atoms with Gasteiger partial charge in [0.2, 0.25) is 5.91 Å². The molecule has 0 unspecified atom stereocenters. The summed E-state index contributed by atoms with van der Waals surface area (Å²) < 4.78 is 11.1. The van der Waals surface area contributed by atoms with Crippen molar-refractivity contribution in [2.24, 2.45) is 5.73 Å². The van der Waals surface area contributed by atoms with E-state index in [9.17, 15) is 9.00 Å². The quantitative estimate of drug-likeness (QED) is 0.707. The maximum atomic E-state index is 11.7. The van der Waals surface area contributed by atoms with Crippen LogP contribution in [-0.4, -0.2) is 45.7 Å². The molecule has 1 fully saturated rings. The lowest BCUT2D eigenvalue weighted by Crippen LogP contribution is -2.49. The summed E-state index contributed by atoms with van der Waals surface area (Å²) in [4.78, 5) is 13.4. The van der Waals surface area contributed by atoms with E-state index in [-0.39, 0.29) is 11.9 Å². The van der Waals surface area contributed by atoms with Crippen LogP contribution in [0.2, 0.25) is 0 Å². The van der Waals surface area contributed by atoms with Crippen LogP contribution in [0.4, 0.5) is 0 Å². The zero-order chi connectivity index (χ0) is 10.6. The van der Waals surface area contributed by atoms with Crippen LogP contribution in [0.5, 0.6) is 0 Å². The second-order valence-electron chi connectivity index (χ2n) is 3.57. The van der Waals surface area contributed by atoms with Crippen LogP contribution in [0.1, 0.15) is 19.8 Å². The van der Waals surface area contributed by atoms with Gasteiger partial charge in [0.1, 0.15) is 0 Å². The summed E-state index contributed by atoms with van der Waals surface area (Å²) in [6.45, 7) is 3.21. The summed E-state index contributed by atoms with van der Waals surface area (Å²) >= 11 is 0. The van der Waals surface area contributed by atoms with E-state index in [2.05, 4.69) is 0 Å². The van der Waals surface area contributed by atoms with E-state index >= 15 is 0 Å². The van der Waals surface area contributed by atoms with Crippen molar-refractivity contribution < 1.29 is 9.00 Å². The Kier molecular flexibility index (Phi) is 4.54. The van der Waals surface area contributed by atoms with Crippen LogP contribution in [0, 0.1) is 0 Å². The number of nitrogens with two attached hydrogens (primary N) is 1. The first-order valence-electron chi connectivity index (χ1n) is 5.04. The molecule has 0 radical (unpaired) electrons. The van der Waals surface area contributed by atoms with Crippen LogP contribution in [0.15, 0.2) is 0 Å². The smallest absolute Gasteiger partial charge is 0.239 e. The Bertz CT molecular complexity index is 223. The number of carbonyl (C=O) groups is 1. The summed E-state index contributed by atoms with van der Waals surface area (Å²) in [6, 6.07) is -0.369. The van der Waals surface area contributed by atoms with E-state index in [0.717, 1.165) is 12.8 Å². The van der Waals surface area contributed by atoms with Crippen molar-refractivity contribution in [3.8, 4) is 0 Å². The van der Waals surface area contributed by atoms with Gasteiger partial charge in [0.05, 0.1) is 6.04 Å². The molecule has 0 saturated carbocycles. The van der Waals surface area contributed by atoms with Gasteiger partial charge < -0.3 is 10.6 Å². The first-order valence-corrected chi connectivity index (χ1v) is 6.53. The molecule has 14 heavy (non-hydrogen) atoms. The highest BCUT2D eigenvalue weighted by Crippen LogP contribution is 2.04. The Morgan fingerprint density at radius 1 is 1.50 bits per heavy atom. The monoisotopic (exact) mass is 218 g/mol. The molecule has 4 nitrogen and oxygen atoms in total. The molecular formula is C9H18N2O2S. The van der Waals surface area contributed by atoms with E-state index in [1.54, 1.807) is 4.90 Å². The number of hydrogen-bond acceptors (Lipinski definition) is 3. The Morgan fingerprint density at radius 2 is 2.07 bits per heavy atom. The second-order valence-corrected chi connectivity index (χ2v) is 5.26. The van der Waals surface area contributed by atoms with E-state index in [0.29, 0.717) is 24.6 Å². The Morgan fingerprint density at radius 3 is 2.57 bits per heavy atom. The minimum atomic E-state index is -0.729. The van der Waals surface area contributed by atoms with Crippen LogP contribution < -0.4 is 5.73 Å². The molecule has 0 aromatic rings. The molecule has 1 aliphatic heterocycles. The van der Waals surface area contributed by atoms with Crippen LogP contribution >= 0.6 is 0 Å². The van der Waals surface area contributed by atoms with Crippen LogP contribution in [0.3, 0.4) is 0 Å². The molecular weight excluding hydrogens is 200 g/mol. The zero-order valence-corrected chi connectivity index (χ0v) is 9.39. The predicted octanol–water partition coefficient (Wildman–Crippen LogP) is -0.295. The number of amides is 1. The van der Waals surface area contributed by atoms with E-state index in [4.69, 9.17) is 5.73 Å². The lowest BCUT2D eigenvalue weighted by molar-refractivity contribution is -0.132. The minimum absolute atomic E-state index is 0.0172. The first-order chi connectivity index (χ1) is 6.65. The van der Waals surface area contributed by atoms with Crippen LogP contribution in [-0.2, 0) is 15.6 Å². The largest absolute Gasteiger partial charge is 0.340 e. The van der Waals surface area contributed by atoms with Gasteiger partial charge in [-0.3, -0.25) is 9.00 Å². The zero-order valence-electron chi connectivity index (χ0n) is 8.57. The lowest BCUT2D eigenvalue weighted by Gasteiger charge is -2.28. The summed E-state index contributed by atoms with van der Waals surface area (Å²) in [5.74, 6) is 1.22. The Hall–Kier alpha value is -0.420. The van der Waals surface area contributed by atoms with Gasteiger partial charge >= 0.3 is 0 Å². The molecule has 1 heterocycles. The molecule has 2 N–H and O–H groups in total. The fourth-order valence-corrected chi connectivity index (χ4v) is 2.58. The molecule has 1 atom stereocenters. The van der Waals surface area contributed by atoms with Gasteiger partial charge in [-0.1, -0.05) is 13.3 Å². The molecule has 1 aliphatic rings.